The molecule has 4 aromatic rings. The van der Waals surface area contributed by atoms with Crippen LogP contribution < -0.4 is 11.5 Å². The molecule has 6 heteroatoms. The van der Waals surface area contributed by atoms with Gasteiger partial charge in [-0.25, -0.2) is 9.37 Å². The first-order valence-corrected chi connectivity index (χ1v) is 8.69. The van der Waals surface area contributed by atoms with Crippen LogP contribution in [0.1, 0.15) is 5.56 Å². The number of aromatic nitrogens is 2. The molecule has 1 heterocycles. The van der Waals surface area contributed by atoms with Crippen molar-refractivity contribution in [1.82, 2.24) is 9.97 Å². The second-order valence-electron chi connectivity index (χ2n) is 6.33. The van der Waals surface area contributed by atoms with Crippen molar-refractivity contribution in [3.05, 3.63) is 71.0 Å². The summed E-state index contributed by atoms with van der Waals surface area (Å²) in [5.74, 6) is 0.215. The molecular weight excluding hydrogens is 363 g/mol. The number of anilines is 2. The van der Waals surface area contributed by atoms with Crippen LogP contribution in [0.15, 0.2) is 54.6 Å². The highest BCUT2D eigenvalue weighted by Crippen LogP contribution is 2.35. The van der Waals surface area contributed by atoms with E-state index in [1.165, 1.54) is 12.1 Å². The van der Waals surface area contributed by atoms with Crippen LogP contribution in [-0.2, 0) is 0 Å². The fourth-order valence-electron chi connectivity index (χ4n) is 3.31. The van der Waals surface area contributed by atoms with Crippen molar-refractivity contribution in [1.29, 1.82) is 0 Å². The highest BCUT2D eigenvalue weighted by molar-refractivity contribution is 6.31. The lowest BCUT2D eigenvalue weighted by Crippen LogP contribution is -2.02. The molecule has 4 N–H and O–H groups in total. The van der Waals surface area contributed by atoms with Crippen LogP contribution >= 0.6 is 11.6 Å². The van der Waals surface area contributed by atoms with Gasteiger partial charge in [-0.05, 0) is 71.1 Å². The van der Waals surface area contributed by atoms with Crippen molar-refractivity contribution in [2.24, 2.45) is 0 Å². The lowest BCUT2D eigenvalue weighted by molar-refractivity contribution is 0.628. The third-order valence-electron chi connectivity index (χ3n) is 4.56. The highest BCUT2D eigenvalue weighted by atomic mass is 35.5. The van der Waals surface area contributed by atoms with Crippen LogP contribution in [0, 0.1) is 12.7 Å². The Hall–Kier alpha value is -3.18. The largest absolute Gasteiger partial charge is 0.383 e. The summed E-state index contributed by atoms with van der Waals surface area (Å²) in [4.78, 5) is 8.32. The predicted molar refractivity (Wildman–Crippen MR) is 109 cm³/mol. The van der Waals surface area contributed by atoms with Crippen LogP contribution in [-0.4, -0.2) is 9.97 Å². The van der Waals surface area contributed by atoms with E-state index in [9.17, 15) is 4.39 Å². The zero-order chi connectivity index (χ0) is 19.1. The maximum absolute atomic E-state index is 13.2. The number of benzene rings is 3. The van der Waals surface area contributed by atoms with Gasteiger partial charge in [0.1, 0.15) is 11.6 Å². The molecule has 0 saturated heterocycles. The normalized spacial score (nSPS) is 11.1. The summed E-state index contributed by atoms with van der Waals surface area (Å²) in [6.45, 7) is 1.96. The van der Waals surface area contributed by atoms with E-state index in [2.05, 4.69) is 9.97 Å². The number of nitrogens with zero attached hydrogens (tertiary/aromatic N) is 2. The van der Waals surface area contributed by atoms with E-state index in [0.717, 1.165) is 33.2 Å². The van der Waals surface area contributed by atoms with Crippen molar-refractivity contribution in [3.8, 4) is 22.3 Å². The van der Waals surface area contributed by atoms with E-state index in [1.807, 2.05) is 37.3 Å². The number of hydrogen-bond donors (Lipinski definition) is 2. The van der Waals surface area contributed by atoms with Gasteiger partial charge in [-0.15, -0.1) is 0 Å². The fourth-order valence-corrected chi connectivity index (χ4v) is 3.54. The van der Waals surface area contributed by atoms with Crippen molar-refractivity contribution < 1.29 is 4.39 Å². The highest BCUT2D eigenvalue weighted by Gasteiger charge is 2.13. The molecule has 3 aromatic carbocycles. The van der Waals surface area contributed by atoms with Crippen LogP contribution in [0.5, 0.6) is 0 Å². The molecule has 0 aliphatic heterocycles. The minimum atomic E-state index is -0.277. The first-order valence-electron chi connectivity index (χ1n) is 8.31. The Bertz CT molecular complexity index is 1170. The molecule has 0 spiro atoms. The van der Waals surface area contributed by atoms with Gasteiger partial charge in [0, 0.05) is 10.4 Å². The topological polar surface area (TPSA) is 77.8 Å². The summed E-state index contributed by atoms with van der Waals surface area (Å²) in [6, 6.07) is 15.9. The molecule has 0 radical (unpaired) electrons. The number of fused-ring (bicyclic) bond motifs is 1. The van der Waals surface area contributed by atoms with E-state index in [4.69, 9.17) is 23.1 Å². The second kappa shape index (κ2) is 6.52. The summed E-state index contributed by atoms with van der Waals surface area (Å²) in [7, 11) is 0. The van der Waals surface area contributed by atoms with Gasteiger partial charge >= 0.3 is 0 Å². The van der Waals surface area contributed by atoms with Crippen LogP contribution in [0.2, 0.25) is 5.02 Å². The van der Waals surface area contributed by atoms with Crippen LogP contribution in [0.25, 0.3) is 33.2 Å². The Morgan fingerprint density at radius 3 is 2.30 bits per heavy atom. The third kappa shape index (κ3) is 3.17. The molecule has 0 saturated carbocycles. The Morgan fingerprint density at radius 1 is 0.852 bits per heavy atom. The lowest BCUT2D eigenvalue weighted by atomic mass is 9.94. The van der Waals surface area contributed by atoms with Gasteiger partial charge < -0.3 is 11.5 Å². The molecule has 0 unspecified atom stereocenters. The lowest BCUT2D eigenvalue weighted by Gasteiger charge is -2.13. The summed E-state index contributed by atoms with van der Waals surface area (Å²) in [5, 5.41) is 1.36. The van der Waals surface area contributed by atoms with Gasteiger partial charge in [0.25, 0.3) is 0 Å². The minimum Gasteiger partial charge on any atom is -0.383 e. The molecule has 0 fully saturated rings. The molecule has 1 aromatic heterocycles. The number of nitrogens with two attached hydrogens (primary N) is 2. The average molecular weight is 379 g/mol. The number of aryl methyl sites for hydroxylation is 1. The summed E-state index contributed by atoms with van der Waals surface area (Å²) in [6.07, 6.45) is 0. The Labute approximate surface area is 160 Å². The SMILES string of the molecule is Cc1c(-c2cc(Cl)cc(-c3ccc(F)cc3)c2)ccc2nc(N)nc(N)c12. The van der Waals surface area contributed by atoms with Crippen LogP contribution in [0.3, 0.4) is 0 Å². The Kier molecular flexibility index (Phi) is 4.16. The van der Waals surface area contributed by atoms with E-state index in [1.54, 1.807) is 12.1 Å². The molecular formula is C21H16ClFN4. The van der Waals surface area contributed by atoms with Gasteiger partial charge in [0.05, 0.1) is 5.52 Å². The third-order valence-corrected chi connectivity index (χ3v) is 4.77. The van der Waals surface area contributed by atoms with Gasteiger partial charge in [0.15, 0.2) is 0 Å². The van der Waals surface area contributed by atoms with Crippen molar-refractivity contribution in [2.45, 2.75) is 6.92 Å². The zero-order valence-corrected chi connectivity index (χ0v) is 15.3. The van der Waals surface area contributed by atoms with Gasteiger partial charge in [-0.1, -0.05) is 29.8 Å². The van der Waals surface area contributed by atoms with E-state index in [0.29, 0.717) is 16.4 Å². The van der Waals surface area contributed by atoms with E-state index >= 15 is 0 Å². The minimum absolute atomic E-state index is 0.147. The van der Waals surface area contributed by atoms with Gasteiger partial charge in [-0.3, -0.25) is 0 Å². The zero-order valence-electron chi connectivity index (χ0n) is 14.5. The van der Waals surface area contributed by atoms with E-state index < -0.39 is 0 Å². The molecule has 4 nitrogen and oxygen atoms in total. The quantitative estimate of drug-likeness (QED) is 0.500. The predicted octanol–water partition coefficient (Wildman–Crippen LogP) is 5.23. The summed E-state index contributed by atoms with van der Waals surface area (Å²) in [5.41, 5.74) is 17.1. The molecule has 134 valence electrons. The monoisotopic (exact) mass is 378 g/mol. The second-order valence-corrected chi connectivity index (χ2v) is 6.77. The first-order chi connectivity index (χ1) is 12.9. The van der Waals surface area contributed by atoms with Gasteiger partial charge in [0.2, 0.25) is 5.95 Å². The average Bonchev–Trinajstić information content (AvgIpc) is 2.61. The fraction of sp³-hybridized carbons (Fsp3) is 0.0476. The first kappa shape index (κ1) is 17.2. The number of halogens is 2. The maximum Gasteiger partial charge on any atom is 0.222 e. The van der Waals surface area contributed by atoms with Crippen molar-refractivity contribution in [2.75, 3.05) is 11.5 Å². The molecule has 0 atom stereocenters. The summed E-state index contributed by atoms with van der Waals surface area (Å²) < 4.78 is 13.2. The summed E-state index contributed by atoms with van der Waals surface area (Å²) >= 11 is 6.36. The van der Waals surface area contributed by atoms with E-state index in [-0.39, 0.29) is 11.8 Å². The molecule has 0 bridgehead atoms. The number of rotatable bonds is 2. The van der Waals surface area contributed by atoms with Crippen molar-refractivity contribution in [3.63, 3.8) is 0 Å². The standard InChI is InChI=1S/C21H16ClFN4/c1-11-17(6-7-18-19(11)20(24)27-21(25)26-18)14-8-13(9-15(22)10-14)12-2-4-16(23)5-3-12/h2-10H,1H3,(H4,24,25,26,27). The number of hydrogen-bond acceptors (Lipinski definition) is 4. The molecule has 27 heavy (non-hydrogen) atoms. The van der Waals surface area contributed by atoms with Crippen LogP contribution in [0.4, 0.5) is 16.2 Å². The molecule has 0 aliphatic rings. The molecule has 0 aliphatic carbocycles. The van der Waals surface area contributed by atoms with Gasteiger partial charge in [-0.2, -0.15) is 4.98 Å². The number of nitrogen functional groups attached to an aromatic ring is 2. The maximum atomic E-state index is 13.2. The molecule has 4 rings (SSSR count). The smallest absolute Gasteiger partial charge is 0.222 e. The Morgan fingerprint density at radius 2 is 1.56 bits per heavy atom. The Balaban J connectivity index is 1.91. The molecule has 0 amide bonds. The van der Waals surface area contributed by atoms with Crippen molar-refractivity contribution >= 4 is 34.3 Å².